The van der Waals surface area contributed by atoms with Gasteiger partial charge in [-0.05, 0) is 30.2 Å². The standard InChI is InChI=1S/C12H14N2O/c1-7(2)12-11(15)6-8-5-9(13)3-4-10(8)14-12/h3-7,15H,13H2,1-2H3. The van der Waals surface area contributed by atoms with Crippen molar-refractivity contribution in [2.45, 2.75) is 19.8 Å². The van der Waals surface area contributed by atoms with Crippen LogP contribution in [0.4, 0.5) is 5.69 Å². The molecule has 0 bridgehead atoms. The van der Waals surface area contributed by atoms with Crippen molar-refractivity contribution in [3.05, 3.63) is 30.0 Å². The largest absolute Gasteiger partial charge is 0.506 e. The summed E-state index contributed by atoms with van der Waals surface area (Å²) in [5.41, 5.74) is 7.94. The van der Waals surface area contributed by atoms with Gasteiger partial charge in [0.2, 0.25) is 0 Å². The summed E-state index contributed by atoms with van der Waals surface area (Å²) >= 11 is 0. The van der Waals surface area contributed by atoms with E-state index in [9.17, 15) is 5.11 Å². The zero-order valence-corrected chi connectivity index (χ0v) is 8.86. The molecular formula is C12H14N2O. The summed E-state index contributed by atoms with van der Waals surface area (Å²) in [5, 5.41) is 10.6. The van der Waals surface area contributed by atoms with Crippen LogP contribution in [0, 0.1) is 0 Å². The molecule has 2 rings (SSSR count). The number of nitrogens with zero attached hydrogens (tertiary/aromatic N) is 1. The number of fused-ring (bicyclic) bond motifs is 1. The monoisotopic (exact) mass is 202 g/mol. The zero-order chi connectivity index (χ0) is 11.0. The summed E-state index contributed by atoms with van der Waals surface area (Å²) in [6.45, 7) is 4.01. The zero-order valence-electron chi connectivity index (χ0n) is 8.86. The maximum absolute atomic E-state index is 9.77. The Labute approximate surface area is 88.6 Å². The smallest absolute Gasteiger partial charge is 0.137 e. The highest BCUT2D eigenvalue weighted by Gasteiger charge is 2.09. The predicted molar refractivity (Wildman–Crippen MR) is 61.9 cm³/mol. The molecule has 0 saturated heterocycles. The van der Waals surface area contributed by atoms with Crippen LogP contribution in [0.15, 0.2) is 24.3 Å². The van der Waals surface area contributed by atoms with E-state index in [4.69, 9.17) is 5.73 Å². The van der Waals surface area contributed by atoms with Gasteiger partial charge < -0.3 is 10.8 Å². The molecule has 3 nitrogen and oxygen atoms in total. The first-order valence-electron chi connectivity index (χ1n) is 4.97. The fourth-order valence-corrected chi connectivity index (χ4v) is 1.62. The highest BCUT2D eigenvalue weighted by molar-refractivity contribution is 5.83. The molecule has 0 aliphatic rings. The first-order valence-corrected chi connectivity index (χ1v) is 4.97. The van der Waals surface area contributed by atoms with Crippen LogP contribution in [0.3, 0.4) is 0 Å². The lowest BCUT2D eigenvalue weighted by atomic mass is 10.1. The highest BCUT2D eigenvalue weighted by atomic mass is 16.3. The Morgan fingerprint density at radius 2 is 2.00 bits per heavy atom. The van der Waals surface area contributed by atoms with Crippen LogP contribution in [-0.2, 0) is 0 Å². The van der Waals surface area contributed by atoms with Crippen LogP contribution in [0.1, 0.15) is 25.5 Å². The molecule has 15 heavy (non-hydrogen) atoms. The number of nitrogens with two attached hydrogens (primary N) is 1. The maximum atomic E-state index is 9.77. The van der Waals surface area contributed by atoms with Crippen molar-refractivity contribution in [1.82, 2.24) is 4.98 Å². The van der Waals surface area contributed by atoms with Crippen LogP contribution in [0.5, 0.6) is 5.75 Å². The molecule has 1 aromatic carbocycles. The van der Waals surface area contributed by atoms with Crippen LogP contribution < -0.4 is 5.73 Å². The third-order valence-corrected chi connectivity index (χ3v) is 2.39. The Kier molecular flexibility index (Phi) is 2.23. The SMILES string of the molecule is CC(C)c1nc2ccc(N)cc2cc1O. The minimum atomic E-state index is 0.215. The Morgan fingerprint density at radius 1 is 1.27 bits per heavy atom. The lowest BCUT2D eigenvalue weighted by molar-refractivity contribution is 0.461. The minimum absolute atomic E-state index is 0.215. The van der Waals surface area contributed by atoms with Gasteiger partial charge in [0, 0.05) is 11.1 Å². The molecule has 1 heterocycles. The van der Waals surface area contributed by atoms with Gasteiger partial charge in [-0.2, -0.15) is 0 Å². The molecule has 2 aromatic rings. The van der Waals surface area contributed by atoms with Crippen LogP contribution in [0.25, 0.3) is 10.9 Å². The lowest BCUT2D eigenvalue weighted by Crippen LogP contribution is -1.94. The molecule has 0 aliphatic heterocycles. The molecule has 0 fully saturated rings. The van der Waals surface area contributed by atoms with Gasteiger partial charge in [0.1, 0.15) is 5.75 Å². The topological polar surface area (TPSA) is 59.1 Å². The van der Waals surface area contributed by atoms with Gasteiger partial charge in [-0.15, -0.1) is 0 Å². The third-order valence-electron chi connectivity index (χ3n) is 2.39. The number of aromatic hydroxyl groups is 1. The van der Waals surface area contributed by atoms with E-state index in [0.29, 0.717) is 5.69 Å². The van der Waals surface area contributed by atoms with E-state index in [1.807, 2.05) is 32.0 Å². The average Bonchev–Trinajstić information content (AvgIpc) is 2.15. The quantitative estimate of drug-likeness (QED) is 0.699. The maximum Gasteiger partial charge on any atom is 0.137 e. The average molecular weight is 202 g/mol. The molecular weight excluding hydrogens is 188 g/mol. The molecule has 3 heteroatoms. The van der Waals surface area contributed by atoms with E-state index >= 15 is 0 Å². The van der Waals surface area contributed by atoms with Crippen LogP contribution in [-0.4, -0.2) is 10.1 Å². The van der Waals surface area contributed by atoms with Gasteiger partial charge in [-0.25, -0.2) is 4.98 Å². The molecule has 1 aromatic heterocycles. The minimum Gasteiger partial charge on any atom is -0.506 e. The predicted octanol–water partition coefficient (Wildman–Crippen LogP) is 2.65. The second-order valence-electron chi connectivity index (χ2n) is 4.00. The van der Waals surface area contributed by atoms with Crippen molar-refractivity contribution in [2.24, 2.45) is 0 Å². The fourth-order valence-electron chi connectivity index (χ4n) is 1.62. The molecule has 0 spiro atoms. The first kappa shape index (κ1) is 9.77. The number of hydrogen-bond acceptors (Lipinski definition) is 3. The Balaban J connectivity index is 2.71. The number of hydrogen-bond donors (Lipinski definition) is 2. The van der Waals surface area contributed by atoms with Crippen molar-refractivity contribution >= 4 is 16.6 Å². The highest BCUT2D eigenvalue weighted by Crippen LogP contribution is 2.28. The van der Waals surface area contributed by atoms with Crippen LogP contribution >= 0.6 is 0 Å². The molecule has 0 aliphatic carbocycles. The summed E-state index contributed by atoms with van der Waals surface area (Å²) in [6.07, 6.45) is 0. The number of pyridine rings is 1. The third kappa shape index (κ3) is 1.73. The molecule has 0 saturated carbocycles. The summed E-state index contributed by atoms with van der Waals surface area (Å²) in [4.78, 5) is 4.41. The van der Waals surface area contributed by atoms with Crippen LogP contribution in [0.2, 0.25) is 0 Å². The Hall–Kier alpha value is -1.77. The normalized spacial score (nSPS) is 11.1. The molecule has 0 radical (unpaired) electrons. The van der Waals surface area contributed by atoms with Gasteiger partial charge in [-0.3, -0.25) is 0 Å². The number of nitrogen functional groups attached to an aromatic ring is 1. The van der Waals surface area contributed by atoms with Gasteiger partial charge in [-0.1, -0.05) is 13.8 Å². The Bertz CT molecular complexity index is 506. The molecule has 0 atom stereocenters. The Morgan fingerprint density at radius 3 is 2.67 bits per heavy atom. The summed E-state index contributed by atoms with van der Waals surface area (Å²) < 4.78 is 0. The van der Waals surface area contributed by atoms with E-state index in [-0.39, 0.29) is 11.7 Å². The number of rotatable bonds is 1. The molecule has 78 valence electrons. The van der Waals surface area contributed by atoms with E-state index in [1.165, 1.54) is 0 Å². The molecule has 0 amide bonds. The van der Waals surface area contributed by atoms with Gasteiger partial charge in [0.05, 0.1) is 11.2 Å². The number of benzene rings is 1. The van der Waals surface area contributed by atoms with E-state index in [1.54, 1.807) is 6.07 Å². The number of aromatic nitrogens is 1. The molecule has 0 unspecified atom stereocenters. The second kappa shape index (κ2) is 3.42. The van der Waals surface area contributed by atoms with Gasteiger partial charge in [0.25, 0.3) is 0 Å². The molecule has 3 N–H and O–H groups in total. The van der Waals surface area contributed by atoms with E-state index in [0.717, 1.165) is 16.6 Å². The van der Waals surface area contributed by atoms with E-state index in [2.05, 4.69) is 4.98 Å². The summed E-state index contributed by atoms with van der Waals surface area (Å²) in [6, 6.07) is 7.21. The van der Waals surface area contributed by atoms with Gasteiger partial charge in [0.15, 0.2) is 0 Å². The van der Waals surface area contributed by atoms with Gasteiger partial charge >= 0.3 is 0 Å². The van der Waals surface area contributed by atoms with Crippen molar-refractivity contribution in [3.63, 3.8) is 0 Å². The lowest BCUT2D eigenvalue weighted by Gasteiger charge is -2.09. The van der Waals surface area contributed by atoms with Crippen molar-refractivity contribution < 1.29 is 5.11 Å². The summed E-state index contributed by atoms with van der Waals surface area (Å²) in [7, 11) is 0. The summed E-state index contributed by atoms with van der Waals surface area (Å²) in [5.74, 6) is 0.454. The van der Waals surface area contributed by atoms with Crippen molar-refractivity contribution in [2.75, 3.05) is 5.73 Å². The fraction of sp³-hybridized carbons (Fsp3) is 0.250. The van der Waals surface area contributed by atoms with Crippen molar-refractivity contribution in [3.8, 4) is 5.75 Å². The second-order valence-corrected chi connectivity index (χ2v) is 4.00. The van der Waals surface area contributed by atoms with E-state index < -0.39 is 0 Å². The number of anilines is 1. The first-order chi connectivity index (χ1) is 7.08. The van der Waals surface area contributed by atoms with Crippen molar-refractivity contribution in [1.29, 1.82) is 0 Å².